The number of carbonyl (C=O) groups excluding carboxylic acids is 1. The number of hydrogen-bond acceptors (Lipinski definition) is 3. The Hall–Kier alpha value is -1.77. The third kappa shape index (κ3) is 3.12. The average Bonchev–Trinajstić information content (AvgIpc) is 2.33. The van der Waals surface area contributed by atoms with Gasteiger partial charge in [-0.1, -0.05) is 15.9 Å². The first-order chi connectivity index (χ1) is 9.64. The zero-order valence-corrected chi connectivity index (χ0v) is 11.9. The summed E-state index contributed by atoms with van der Waals surface area (Å²) < 4.78 is 42.8. The first kappa shape index (κ1) is 15.6. The van der Waals surface area contributed by atoms with Crippen molar-refractivity contribution in [2.75, 3.05) is 13.1 Å². The van der Waals surface area contributed by atoms with Crippen LogP contribution in [0.3, 0.4) is 0 Å². The summed E-state index contributed by atoms with van der Waals surface area (Å²) in [6, 6.07) is 6.15. The third-order valence-corrected chi connectivity index (χ3v) is 3.47. The Morgan fingerprint density at radius 3 is 2.19 bits per heavy atom. The maximum Gasteiger partial charge on any atom is 0.471 e. The van der Waals surface area contributed by atoms with E-state index < -0.39 is 36.7 Å². The lowest BCUT2D eigenvalue weighted by atomic mass is 9.93. The molecular weight excluding hydrogens is 359 g/mol. The van der Waals surface area contributed by atoms with E-state index in [2.05, 4.69) is 15.9 Å². The molecule has 1 aliphatic heterocycles. The summed E-state index contributed by atoms with van der Waals surface area (Å²) in [5.41, 5.74) is -1.85. The van der Waals surface area contributed by atoms with Crippen LogP contribution in [0.5, 0.6) is 5.75 Å². The van der Waals surface area contributed by atoms with Gasteiger partial charge in [-0.3, -0.25) is 4.79 Å². The number of rotatable bonds is 3. The molecular formula is C12H9BrF3NO4. The molecule has 0 unspecified atom stereocenters. The summed E-state index contributed by atoms with van der Waals surface area (Å²) in [5.74, 6) is -3.30. The Kier molecular flexibility index (Phi) is 3.87. The Labute approximate surface area is 125 Å². The number of amides is 1. The van der Waals surface area contributed by atoms with Gasteiger partial charge in [-0.05, 0) is 24.3 Å². The van der Waals surface area contributed by atoms with Gasteiger partial charge in [0.15, 0.2) is 0 Å². The highest BCUT2D eigenvalue weighted by Gasteiger charge is 2.58. The van der Waals surface area contributed by atoms with Crippen molar-refractivity contribution in [3.8, 4) is 5.75 Å². The topological polar surface area (TPSA) is 66.8 Å². The van der Waals surface area contributed by atoms with Gasteiger partial charge in [-0.2, -0.15) is 13.2 Å². The zero-order chi connectivity index (χ0) is 15.8. The lowest BCUT2D eigenvalue weighted by Crippen LogP contribution is -2.71. The summed E-state index contributed by atoms with van der Waals surface area (Å²) in [7, 11) is 0. The summed E-state index contributed by atoms with van der Waals surface area (Å²) in [5, 5.41) is 9.15. The van der Waals surface area contributed by atoms with Gasteiger partial charge < -0.3 is 14.7 Å². The van der Waals surface area contributed by atoms with Crippen LogP contribution in [0.15, 0.2) is 28.7 Å². The van der Waals surface area contributed by atoms with Crippen molar-refractivity contribution in [2.24, 2.45) is 0 Å². The highest BCUT2D eigenvalue weighted by atomic mass is 79.9. The van der Waals surface area contributed by atoms with Crippen molar-refractivity contribution in [2.45, 2.75) is 11.8 Å². The fourth-order valence-corrected chi connectivity index (χ4v) is 2.13. The smallest absolute Gasteiger partial charge is 0.471 e. The second-order valence-electron chi connectivity index (χ2n) is 4.51. The molecule has 1 N–H and O–H groups in total. The van der Waals surface area contributed by atoms with Gasteiger partial charge >= 0.3 is 18.1 Å². The van der Waals surface area contributed by atoms with E-state index in [-0.39, 0.29) is 5.75 Å². The second-order valence-corrected chi connectivity index (χ2v) is 5.43. The molecule has 1 heterocycles. The van der Waals surface area contributed by atoms with Crippen LogP contribution in [0, 0.1) is 0 Å². The monoisotopic (exact) mass is 367 g/mol. The molecule has 2 rings (SSSR count). The molecule has 5 nitrogen and oxygen atoms in total. The molecule has 0 spiro atoms. The normalized spacial score (nSPS) is 17.0. The Bertz CT molecular complexity index is 567. The van der Waals surface area contributed by atoms with Crippen molar-refractivity contribution in [3.63, 3.8) is 0 Å². The van der Waals surface area contributed by atoms with E-state index in [1.54, 1.807) is 12.1 Å². The molecule has 0 saturated carbocycles. The molecule has 114 valence electrons. The van der Waals surface area contributed by atoms with Crippen LogP contribution in [0.25, 0.3) is 0 Å². The maximum atomic E-state index is 12.3. The lowest BCUT2D eigenvalue weighted by molar-refractivity contribution is -0.205. The number of carbonyl (C=O) groups is 2. The Morgan fingerprint density at radius 1 is 1.24 bits per heavy atom. The van der Waals surface area contributed by atoms with Gasteiger partial charge in [0.2, 0.25) is 5.60 Å². The number of halogens is 4. The largest absolute Gasteiger partial charge is 0.478 e. The van der Waals surface area contributed by atoms with Gasteiger partial charge in [0.25, 0.3) is 0 Å². The van der Waals surface area contributed by atoms with Gasteiger partial charge in [0, 0.05) is 4.47 Å². The van der Waals surface area contributed by atoms with Crippen molar-refractivity contribution in [1.82, 2.24) is 4.90 Å². The average molecular weight is 368 g/mol. The van der Waals surface area contributed by atoms with Gasteiger partial charge in [-0.15, -0.1) is 0 Å². The van der Waals surface area contributed by atoms with E-state index >= 15 is 0 Å². The van der Waals surface area contributed by atoms with Crippen molar-refractivity contribution in [1.29, 1.82) is 0 Å². The van der Waals surface area contributed by atoms with Crippen LogP contribution in [0.2, 0.25) is 0 Å². The summed E-state index contributed by atoms with van der Waals surface area (Å²) in [4.78, 5) is 22.6. The first-order valence-electron chi connectivity index (χ1n) is 5.68. The van der Waals surface area contributed by atoms with Gasteiger partial charge in [0.05, 0.1) is 13.1 Å². The molecule has 0 atom stereocenters. The van der Waals surface area contributed by atoms with Crippen LogP contribution in [0.1, 0.15) is 0 Å². The SMILES string of the molecule is O=C(N1CC(Oc2ccc(Br)cc2)(C(=O)O)C1)C(F)(F)F. The minimum Gasteiger partial charge on any atom is -0.478 e. The summed E-state index contributed by atoms with van der Waals surface area (Å²) in [6.45, 7) is -1.31. The van der Waals surface area contributed by atoms with Gasteiger partial charge in [0.1, 0.15) is 5.75 Å². The quantitative estimate of drug-likeness (QED) is 0.887. The molecule has 21 heavy (non-hydrogen) atoms. The highest BCUT2D eigenvalue weighted by molar-refractivity contribution is 9.10. The van der Waals surface area contributed by atoms with Crippen molar-refractivity contribution in [3.05, 3.63) is 28.7 Å². The molecule has 1 fully saturated rings. The molecule has 1 aromatic carbocycles. The third-order valence-electron chi connectivity index (χ3n) is 2.94. The molecule has 1 amide bonds. The maximum absolute atomic E-state index is 12.3. The van der Waals surface area contributed by atoms with E-state index in [1.807, 2.05) is 0 Å². The fourth-order valence-electron chi connectivity index (χ4n) is 1.86. The van der Waals surface area contributed by atoms with Crippen LogP contribution < -0.4 is 4.74 Å². The predicted molar refractivity (Wildman–Crippen MR) is 67.8 cm³/mol. The van der Waals surface area contributed by atoms with Crippen LogP contribution in [0.4, 0.5) is 13.2 Å². The van der Waals surface area contributed by atoms with E-state index in [0.717, 1.165) is 4.47 Å². The standard InChI is InChI=1S/C12H9BrF3NO4/c13-7-1-3-8(4-2-7)21-11(10(19)20)5-17(6-11)9(18)12(14,15)16/h1-4H,5-6H2,(H,19,20). The Morgan fingerprint density at radius 2 is 1.76 bits per heavy atom. The molecule has 1 aliphatic rings. The van der Waals surface area contributed by atoms with Crippen molar-refractivity contribution >= 4 is 27.8 Å². The number of alkyl halides is 3. The minimum absolute atomic E-state index is 0.194. The highest BCUT2D eigenvalue weighted by Crippen LogP contribution is 2.32. The Balaban J connectivity index is 2.10. The predicted octanol–water partition coefficient (Wildman–Crippen LogP) is 2.06. The number of nitrogens with zero attached hydrogens (tertiary/aromatic N) is 1. The summed E-state index contributed by atoms with van der Waals surface area (Å²) in [6.07, 6.45) is -5.03. The zero-order valence-electron chi connectivity index (χ0n) is 10.4. The van der Waals surface area contributed by atoms with Crippen LogP contribution in [-0.2, 0) is 9.59 Å². The van der Waals surface area contributed by atoms with Crippen LogP contribution >= 0.6 is 15.9 Å². The van der Waals surface area contributed by atoms with E-state index in [1.165, 1.54) is 12.1 Å². The molecule has 9 heteroatoms. The molecule has 0 bridgehead atoms. The molecule has 0 radical (unpaired) electrons. The second kappa shape index (κ2) is 5.21. The van der Waals surface area contributed by atoms with E-state index in [0.29, 0.717) is 4.90 Å². The summed E-state index contributed by atoms with van der Waals surface area (Å²) >= 11 is 3.19. The number of hydrogen-bond donors (Lipinski definition) is 1. The first-order valence-corrected chi connectivity index (χ1v) is 6.47. The van der Waals surface area contributed by atoms with E-state index in [9.17, 15) is 22.8 Å². The number of ether oxygens (including phenoxy) is 1. The number of carboxylic acid groups (broad SMARTS) is 1. The molecule has 0 aliphatic carbocycles. The van der Waals surface area contributed by atoms with Crippen molar-refractivity contribution < 1.29 is 32.6 Å². The van der Waals surface area contributed by atoms with E-state index in [4.69, 9.17) is 9.84 Å². The number of carboxylic acids is 1. The fraction of sp³-hybridized carbons (Fsp3) is 0.333. The molecule has 0 aromatic heterocycles. The number of likely N-dealkylation sites (tertiary alicyclic amines) is 1. The number of benzene rings is 1. The van der Waals surface area contributed by atoms with Crippen LogP contribution in [-0.4, -0.2) is 46.7 Å². The molecule has 1 saturated heterocycles. The number of aliphatic carboxylic acids is 1. The van der Waals surface area contributed by atoms with Gasteiger partial charge in [-0.25, -0.2) is 4.79 Å². The lowest BCUT2D eigenvalue weighted by Gasteiger charge is -2.46. The minimum atomic E-state index is -5.03. The molecule has 1 aromatic rings.